The largest absolute Gasteiger partial charge is 0.367 e. The first-order valence-corrected chi connectivity index (χ1v) is 7.14. The van der Waals surface area contributed by atoms with Crippen LogP contribution in [0.5, 0.6) is 0 Å². The molecule has 3 unspecified atom stereocenters. The van der Waals surface area contributed by atoms with E-state index in [0.717, 1.165) is 12.8 Å². The van der Waals surface area contributed by atoms with Crippen LogP contribution in [0.3, 0.4) is 0 Å². The van der Waals surface area contributed by atoms with Gasteiger partial charge in [0.2, 0.25) is 0 Å². The molecule has 0 saturated carbocycles. The summed E-state index contributed by atoms with van der Waals surface area (Å²) in [5.41, 5.74) is 5.66. The van der Waals surface area contributed by atoms with Crippen molar-refractivity contribution < 1.29 is 14.1 Å². The molecule has 0 aromatic heterocycles. The number of nitrogens with two attached hydrogens (primary N) is 1. The predicted octanol–water partition coefficient (Wildman–Crippen LogP) is 0.251. The first-order valence-electron chi connectivity index (χ1n) is 5.99. The van der Waals surface area contributed by atoms with Crippen LogP contribution in [0.15, 0.2) is 0 Å². The number of aliphatic hydroxyl groups excluding tert-OH is 1. The first-order chi connectivity index (χ1) is 7.71. The van der Waals surface area contributed by atoms with Crippen LogP contribution in [0.1, 0.15) is 40.5 Å². The molecule has 0 radical (unpaired) electrons. The standard InChI is InChI=1S/C11H24N2O3S/c1-7(13-17(15)11(2,3)4)9-6-5-8(12)10(14)16-9/h7-10,13-14H,5-6,12H2,1-4H3/t7-,8?,9+,10?,17?/m1/s1. The lowest BCUT2D eigenvalue weighted by Crippen LogP contribution is -2.51. The van der Waals surface area contributed by atoms with Crippen molar-refractivity contribution in [3.63, 3.8) is 0 Å². The van der Waals surface area contributed by atoms with Gasteiger partial charge in [-0.2, -0.15) is 0 Å². The molecular formula is C11H24N2O3S. The molecule has 1 aliphatic heterocycles. The molecule has 102 valence electrons. The van der Waals surface area contributed by atoms with E-state index >= 15 is 0 Å². The van der Waals surface area contributed by atoms with Crippen molar-refractivity contribution in [2.45, 2.75) is 69.8 Å². The number of aliphatic hydroxyl groups is 1. The quantitative estimate of drug-likeness (QED) is 0.682. The third-order valence-electron chi connectivity index (χ3n) is 2.87. The van der Waals surface area contributed by atoms with Gasteiger partial charge in [-0.25, -0.2) is 8.93 Å². The molecule has 0 spiro atoms. The van der Waals surface area contributed by atoms with E-state index in [9.17, 15) is 9.32 Å². The van der Waals surface area contributed by atoms with Gasteiger partial charge in [0, 0.05) is 6.04 Å². The summed E-state index contributed by atoms with van der Waals surface area (Å²) in [5, 5.41) is 9.54. The van der Waals surface area contributed by atoms with E-state index in [1.165, 1.54) is 0 Å². The molecule has 1 heterocycles. The number of hydrogen-bond donors (Lipinski definition) is 3. The van der Waals surface area contributed by atoms with Crippen LogP contribution < -0.4 is 10.5 Å². The van der Waals surface area contributed by atoms with Gasteiger partial charge >= 0.3 is 0 Å². The zero-order chi connectivity index (χ0) is 13.2. The second kappa shape index (κ2) is 5.75. The van der Waals surface area contributed by atoms with E-state index in [1.807, 2.05) is 27.7 Å². The summed E-state index contributed by atoms with van der Waals surface area (Å²) in [4.78, 5) is 0. The third-order valence-corrected chi connectivity index (χ3v) is 4.57. The molecule has 1 rings (SSSR count). The molecule has 0 bridgehead atoms. The summed E-state index contributed by atoms with van der Waals surface area (Å²) in [6.07, 6.45) is 0.436. The van der Waals surface area contributed by atoms with Gasteiger partial charge < -0.3 is 15.6 Å². The van der Waals surface area contributed by atoms with Gasteiger partial charge in [0.1, 0.15) is 0 Å². The third kappa shape index (κ3) is 4.30. The topological polar surface area (TPSA) is 84.6 Å². The van der Waals surface area contributed by atoms with E-state index in [0.29, 0.717) is 0 Å². The van der Waals surface area contributed by atoms with Gasteiger partial charge in [0.25, 0.3) is 0 Å². The highest BCUT2D eigenvalue weighted by molar-refractivity contribution is 7.84. The van der Waals surface area contributed by atoms with Crippen molar-refractivity contribution in [3.05, 3.63) is 0 Å². The normalized spacial score (nSPS) is 34.4. The van der Waals surface area contributed by atoms with Gasteiger partial charge in [0.15, 0.2) is 6.29 Å². The minimum atomic E-state index is -1.13. The Kier molecular flexibility index (Phi) is 5.09. The summed E-state index contributed by atoms with van der Waals surface area (Å²) in [5.74, 6) is 0. The van der Waals surface area contributed by atoms with Crippen LogP contribution in [0, 0.1) is 0 Å². The predicted molar refractivity (Wildman–Crippen MR) is 68.6 cm³/mol. The maximum Gasteiger partial charge on any atom is 0.170 e. The van der Waals surface area contributed by atoms with Crippen molar-refractivity contribution in [1.29, 1.82) is 0 Å². The Morgan fingerprint density at radius 1 is 1.47 bits per heavy atom. The highest BCUT2D eigenvalue weighted by atomic mass is 32.2. The Morgan fingerprint density at radius 3 is 2.53 bits per heavy atom. The van der Waals surface area contributed by atoms with Gasteiger partial charge in [-0.15, -0.1) is 0 Å². The Bertz CT molecular complexity index is 280. The van der Waals surface area contributed by atoms with Crippen LogP contribution in [0.25, 0.3) is 0 Å². The molecule has 1 aliphatic rings. The molecule has 1 saturated heterocycles. The second-order valence-electron chi connectivity index (χ2n) is 5.59. The molecule has 0 aliphatic carbocycles. The van der Waals surface area contributed by atoms with E-state index in [4.69, 9.17) is 10.5 Å². The summed E-state index contributed by atoms with van der Waals surface area (Å²) in [6.45, 7) is 7.65. The van der Waals surface area contributed by atoms with Gasteiger partial charge in [-0.3, -0.25) is 0 Å². The number of rotatable bonds is 3. The fraction of sp³-hybridized carbons (Fsp3) is 1.00. The molecule has 0 aromatic carbocycles. The minimum absolute atomic E-state index is 0.0720. The average Bonchev–Trinajstić information content (AvgIpc) is 2.20. The fourth-order valence-corrected chi connectivity index (χ4v) is 2.48. The molecule has 0 amide bonds. The molecule has 17 heavy (non-hydrogen) atoms. The highest BCUT2D eigenvalue weighted by Crippen LogP contribution is 2.20. The maximum atomic E-state index is 11.9. The molecule has 4 N–H and O–H groups in total. The van der Waals surface area contributed by atoms with Crippen LogP contribution in [0.2, 0.25) is 0 Å². The summed E-state index contributed by atoms with van der Waals surface area (Å²) in [7, 11) is -1.13. The van der Waals surface area contributed by atoms with Crippen molar-refractivity contribution in [1.82, 2.24) is 4.72 Å². The summed E-state index contributed by atoms with van der Waals surface area (Å²) < 4.78 is 20.0. The number of nitrogens with one attached hydrogen (secondary N) is 1. The Hall–Kier alpha value is -0.0100. The maximum absolute atomic E-state index is 11.9. The molecule has 1 fully saturated rings. The van der Waals surface area contributed by atoms with E-state index in [2.05, 4.69) is 4.72 Å². The van der Waals surface area contributed by atoms with Crippen molar-refractivity contribution in [2.24, 2.45) is 5.73 Å². The summed E-state index contributed by atoms with van der Waals surface area (Å²) in [6, 6.07) is -0.385. The average molecular weight is 264 g/mol. The first kappa shape index (κ1) is 15.0. The van der Waals surface area contributed by atoms with Gasteiger partial charge in [-0.1, -0.05) is 0 Å². The SMILES string of the molecule is C[C@@H](NS(=O)C(C)(C)C)[C@@H]1CCC(N)C(O)O1. The molecule has 5 nitrogen and oxygen atoms in total. The second-order valence-corrected chi connectivity index (χ2v) is 7.59. The van der Waals surface area contributed by atoms with Crippen molar-refractivity contribution in [3.8, 4) is 0 Å². The number of hydrogen-bond acceptors (Lipinski definition) is 4. The summed E-state index contributed by atoms with van der Waals surface area (Å²) >= 11 is 0. The van der Waals surface area contributed by atoms with Gasteiger partial charge in [-0.05, 0) is 40.5 Å². The lowest BCUT2D eigenvalue weighted by atomic mass is 10.0. The van der Waals surface area contributed by atoms with Crippen LogP contribution in [0.4, 0.5) is 0 Å². The number of ether oxygens (including phenoxy) is 1. The molecule has 0 aromatic rings. The van der Waals surface area contributed by atoms with E-state index in [1.54, 1.807) is 0 Å². The Morgan fingerprint density at radius 2 is 2.06 bits per heavy atom. The fourth-order valence-electron chi connectivity index (χ4n) is 1.64. The smallest absolute Gasteiger partial charge is 0.170 e. The van der Waals surface area contributed by atoms with Crippen LogP contribution >= 0.6 is 0 Å². The van der Waals surface area contributed by atoms with Crippen LogP contribution in [-0.4, -0.2) is 38.5 Å². The highest BCUT2D eigenvalue weighted by Gasteiger charge is 2.32. The molecular weight excluding hydrogens is 240 g/mol. The van der Waals surface area contributed by atoms with E-state index < -0.39 is 17.3 Å². The minimum Gasteiger partial charge on any atom is -0.367 e. The molecule has 6 heteroatoms. The zero-order valence-electron chi connectivity index (χ0n) is 11.0. The van der Waals surface area contributed by atoms with E-state index in [-0.39, 0.29) is 22.9 Å². The lowest BCUT2D eigenvalue weighted by Gasteiger charge is -2.35. The van der Waals surface area contributed by atoms with Crippen molar-refractivity contribution in [2.75, 3.05) is 0 Å². The Balaban J connectivity index is 2.48. The Labute approximate surface area is 106 Å². The monoisotopic (exact) mass is 264 g/mol. The lowest BCUT2D eigenvalue weighted by molar-refractivity contribution is -0.177. The van der Waals surface area contributed by atoms with Crippen LogP contribution in [-0.2, 0) is 15.7 Å². The van der Waals surface area contributed by atoms with Crippen molar-refractivity contribution >= 4 is 11.0 Å². The zero-order valence-corrected chi connectivity index (χ0v) is 11.8. The van der Waals surface area contributed by atoms with Gasteiger partial charge in [0.05, 0.1) is 27.9 Å². The molecule has 5 atom stereocenters.